The van der Waals surface area contributed by atoms with Crippen LogP contribution >= 0.6 is 0 Å². The Morgan fingerprint density at radius 1 is 1.23 bits per heavy atom. The standard InChI is InChI=1S/C25H38N6O4/c1-24(2,3)25(4,5)18-20(21(32)28-12-9-26)29-22(31-13-16-34-17-14-31)30-23(33)35-15-8-19-6-10-27-11-7-19/h6-7,10-11,20H,8,12-18H2,1-5H3,(H,28,32)(H,29,30,33). The third-order valence-corrected chi connectivity index (χ3v) is 6.55. The molecule has 1 aromatic heterocycles. The Bertz CT molecular complexity index is 899. The Morgan fingerprint density at radius 3 is 2.49 bits per heavy atom. The largest absolute Gasteiger partial charge is 0.449 e. The molecule has 1 aliphatic rings. The number of nitrogens with zero attached hydrogens (tertiary/aromatic N) is 4. The summed E-state index contributed by atoms with van der Waals surface area (Å²) < 4.78 is 10.8. The molecule has 1 unspecified atom stereocenters. The van der Waals surface area contributed by atoms with Gasteiger partial charge in [0.1, 0.15) is 12.6 Å². The van der Waals surface area contributed by atoms with Crippen LogP contribution in [0.3, 0.4) is 0 Å². The van der Waals surface area contributed by atoms with E-state index in [4.69, 9.17) is 19.7 Å². The molecule has 2 amide bonds. The lowest BCUT2D eigenvalue weighted by molar-refractivity contribution is -0.123. The van der Waals surface area contributed by atoms with Crippen LogP contribution in [0.2, 0.25) is 0 Å². The Balaban J connectivity index is 2.21. The first kappa shape index (κ1) is 28.1. The number of carbonyl (C=O) groups excluding carboxylic acids is 2. The van der Waals surface area contributed by atoms with Gasteiger partial charge in [0, 0.05) is 31.9 Å². The van der Waals surface area contributed by atoms with E-state index < -0.39 is 12.1 Å². The molecule has 0 aromatic carbocycles. The zero-order valence-electron chi connectivity index (χ0n) is 21.5. The number of nitrogens with one attached hydrogen (secondary N) is 2. The summed E-state index contributed by atoms with van der Waals surface area (Å²) in [6, 6.07) is 4.86. The first-order valence-electron chi connectivity index (χ1n) is 11.9. The molecule has 35 heavy (non-hydrogen) atoms. The summed E-state index contributed by atoms with van der Waals surface area (Å²) in [5.74, 6) is -0.0912. The molecule has 0 aliphatic carbocycles. The highest BCUT2D eigenvalue weighted by molar-refractivity contribution is 5.95. The van der Waals surface area contributed by atoms with Crippen molar-refractivity contribution in [1.29, 1.82) is 5.26 Å². The fourth-order valence-corrected chi connectivity index (χ4v) is 3.29. The summed E-state index contributed by atoms with van der Waals surface area (Å²) in [5, 5.41) is 14.3. The van der Waals surface area contributed by atoms with Crippen LogP contribution in [0.25, 0.3) is 0 Å². The van der Waals surface area contributed by atoms with E-state index in [1.807, 2.05) is 23.1 Å². The van der Waals surface area contributed by atoms with E-state index in [9.17, 15) is 9.59 Å². The summed E-state index contributed by atoms with van der Waals surface area (Å²) >= 11 is 0. The Hall–Kier alpha value is -3.19. The number of carbonyl (C=O) groups is 2. The van der Waals surface area contributed by atoms with Gasteiger partial charge in [-0.15, -0.1) is 0 Å². The lowest BCUT2D eigenvalue weighted by Crippen LogP contribution is -2.51. The number of guanidine groups is 1. The van der Waals surface area contributed by atoms with E-state index >= 15 is 0 Å². The summed E-state index contributed by atoms with van der Waals surface area (Å²) in [4.78, 5) is 36.2. The van der Waals surface area contributed by atoms with Gasteiger partial charge >= 0.3 is 6.09 Å². The Kier molecular flexibility index (Phi) is 10.5. The highest BCUT2D eigenvalue weighted by Crippen LogP contribution is 2.42. The molecule has 0 bridgehead atoms. The number of alkyl carbamates (subject to hydrolysis) is 1. The number of aromatic nitrogens is 1. The van der Waals surface area contributed by atoms with Crippen LogP contribution in [0.15, 0.2) is 29.5 Å². The van der Waals surface area contributed by atoms with Crippen molar-refractivity contribution in [3.05, 3.63) is 30.1 Å². The van der Waals surface area contributed by atoms with Gasteiger partial charge in [0.25, 0.3) is 0 Å². The minimum atomic E-state index is -0.799. The molecule has 10 nitrogen and oxygen atoms in total. The normalized spacial score (nSPS) is 15.7. The van der Waals surface area contributed by atoms with Gasteiger partial charge in [0.05, 0.1) is 25.9 Å². The van der Waals surface area contributed by atoms with Gasteiger partial charge in [0.2, 0.25) is 11.9 Å². The lowest BCUT2D eigenvalue weighted by atomic mass is 9.66. The van der Waals surface area contributed by atoms with Crippen LogP contribution in [-0.2, 0) is 20.7 Å². The van der Waals surface area contributed by atoms with Crippen molar-refractivity contribution in [3.8, 4) is 6.07 Å². The minimum Gasteiger partial charge on any atom is -0.449 e. The average Bonchev–Trinajstić information content (AvgIpc) is 2.82. The third-order valence-electron chi connectivity index (χ3n) is 6.55. The number of rotatable bonds is 8. The number of hydrogen-bond donors (Lipinski definition) is 2. The molecular formula is C25H38N6O4. The summed E-state index contributed by atoms with van der Waals surface area (Å²) in [7, 11) is 0. The number of ether oxygens (including phenoxy) is 2. The molecule has 1 fully saturated rings. The number of amides is 2. The van der Waals surface area contributed by atoms with E-state index in [0.717, 1.165) is 5.56 Å². The van der Waals surface area contributed by atoms with Crippen LogP contribution in [0.4, 0.5) is 4.79 Å². The molecule has 1 atom stereocenters. The van der Waals surface area contributed by atoms with E-state index in [-0.39, 0.29) is 35.8 Å². The lowest BCUT2D eigenvalue weighted by Gasteiger charge is -2.40. The molecule has 0 spiro atoms. The highest BCUT2D eigenvalue weighted by atomic mass is 16.5. The third kappa shape index (κ3) is 9.17. The van der Waals surface area contributed by atoms with E-state index in [1.165, 1.54) is 0 Å². The van der Waals surface area contributed by atoms with Crippen molar-refractivity contribution < 1.29 is 19.1 Å². The first-order chi connectivity index (χ1) is 16.5. The average molecular weight is 487 g/mol. The predicted molar refractivity (Wildman–Crippen MR) is 133 cm³/mol. The predicted octanol–water partition coefficient (Wildman–Crippen LogP) is 2.51. The first-order valence-corrected chi connectivity index (χ1v) is 11.9. The van der Waals surface area contributed by atoms with Gasteiger partial charge in [-0.3, -0.25) is 15.1 Å². The van der Waals surface area contributed by atoms with E-state index in [2.05, 4.69) is 50.2 Å². The zero-order chi connectivity index (χ0) is 25.9. The van der Waals surface area contributed by atoms with Crippen LogP contribution in [0.1, 0.15) is 46.6 Å². The van der Waals surface area contributed by atoms with Crippen LogP contribution in [0.5, 0.6) is 0 Å². The minimum absolute atomic E-state index is 0.102. The number of pyridine rings is 1. The molecule has 2 rings (SSSR count). The van der Waals surface area contributed by atoms with Crippen molar-refractivity contribution in [3.63, 3.8) is 0 Å². The summed E-state index contributed by atoms with van der Waals surface area (Å²) in [6.07, 6.45) is 3.72. The maximum absolute atomic E-state index is 13.0. The Labute approximate surface area is 208 Å². The molecule has 0 saturated carbocycles. The van der Waals surface area contributed by atoms with Crippen LogP contribution in [-0.4, -0.2) is 73.3 Å². The Morgan fingerprint density at radius 2 is 1.89 bits per heavy atom. The van der Waals surface area contributed by atoms with E-state index in [0.29, 0.717) is 39.1 Å². The zero-order valence-corrected chi connectivity index (χ0v) is 21.5. The second-order valence-electron chi connectivity index (χ2n) is 10.1. The number of aliphatic imine (C=N–C) groups is 1. The monoisotopic (exact) mass is 486 g/mol. The number of hydrogen-bond acceptors (Lipinski definition) is 7. The summed E-state index contributed by atoms with van der Waals surface area (Å²) in [6.45, 7) is 12.6. The van der Waals surface area contributed by atoms with Crippen LogP contribution in [0, 0.1) is 22.2 Å². The van der Waals surface area contributed by atoms with Gasteiger partial charge < -0.3 is 19.7 Å². The highest BCUT2D eigenvalue weighted by Gasteiger charge is 2.37. The van der Waals surface area contributed by atoms with Gasteiger partial charge in [-0.25, -0.2) is 9.79 Å². The van der Waals surface area contributed by atoms with Crippen molar-refractivity contribution in [2.24, 2.45) is 15.8 Å². The SMILES string of the molecule is CC(C)(C)C(C)(C)CC(N=C(NC(=O)OCCc1ccncc1)N1CCOCC1)C(=O)NCC#N. The molecule has 1 aromatic rings. The number of nitriles is 1. The molecular weight excluding hydrogens is 448 g/mol. The molecule has 192 valence electrons. The maximum atomic E-state index is 13.0. The quantitative estimate of drug-likeness (QED) is 0.328. The van der Waals surface area contributed by atoms with Crippen molar-refractivity contribution in [2.45, 2.75) is 53.5 Å². The van der Waals surface area contributed by atoms with Gasteiger partial charge in [-0.2, -0.15) is 5.26 Å². The van der Waals surface area contributed by atoms with Gasteiger partial charge in [-0.1, -0.05) is 34.6 Å². The second-order valence-corrected chi connectivity index (χ2v) is 10.1. The molecule has 1 aliphatic heterocycles. The van der Waals surface area contributed by atoms with Crippen LogP contribution < -0.4 is 10.6 Å². The van der Waals surface area contributed by atoms with Gasteiger partial charge in [-0.05, 0) is 34.9 Å². The molecule has 2 N–H and O–H groups in total. The van der Waals surface area contributed by atoms with Crippen molar-refractivity contribution in [1.82, 2.24) is 20.5 Å². The molecule has 1 saturated heterocycles. The summed E-state index contributed by atoms with van der Waals surface area (Å²) in [5.41, 5.74) is 0.648. The second kappa shape index (κ2) is 13.0. The fraction of sp³-hybridized carbons (Fsp3) is 0.640. The van der Waals surface area contributed by atoms with E-state index in [1.54, 1.807) is 12.4 Å². The molecule has 0 radical (unpaired) electrons. The number of morpholine rings is 1. The molecule has 10 heteroatoms. The smallest absolute Gasteiger partial charge is 0.413 e. The van der Waals surface area contributed by atoms with Gasteiger partial charge in [0.15, 0.2) is 0 Å². The van der Waals surface area contributed by atoms with Crippen molar-refractivity contribution in [2.75, 3.05) is 39.5 Å². The maximum Gasteiger partial charge on any atom is 0.413 e. The fourth-order valence-electron chi connectivity index (χ4n) is 3.29. The van der Waals surface area contributed by atoms with Crippen molar-refractivity contribution >= 4 is 18.0 Å². The molecule has 2 heterocycles. The topological polar surface area (TPSA) is 129 Å².